The minimum atomic E-state index is 0.512. The summed E-state index contributed by atoms with van der Waals surface area (Å²) < 4.78 is 0. The highest BCUT2D eigenvalue weighted by Crippen LogP contribution is 2.38. The van der Waals surface area contributed by atoms with Crippen LogP contribution in [-0.2, 0) is 6.42 Å². The third-order valence-electron chi connectivity index (χ3n) is 4.23. The minimum Gasteiger partial charge on any atom is -0.348 e. The Morgan fingerprint density at radius 2 is 2.31 bits per heavy atom. The highest BCUT2D eigenvalue weighted by Gasteiger charge is 2.32. The van der Waals surface area contributed by atoms with E-state index in [1.54, 1.807) is 0 Å². The molecule has 16 heavy (non-hydrogen) atoms. The van der Waals surface area contributed by atoms with Gasteiger partial charge in [0.1, 0.15) is 0 Å². The summed E-state index contributed by atoms with van der Waals surface area (Å²) in [5, 5.41) is 3.67. The quantitative estimate of drug-likeness (QED) is 0.761. The van der Waals surface area contributed by atoms with Gasteiger partial charge in [-0.3, -0.25) is 0 Å². The van der Waals surface area contributed by atoms with E-state index in [1.165, 1.54) is 37.1 Å². The van der Waals surface area contributed by atoms with E-state index >= 15 is 0 Å². The van der Waals surface area contributed by atoms with E-state index in [1.807, 2.05) is 6.33 Å². The standard InChI is InChI=1S/C13H21N3/c1-9-3-2-4-10(7-9)12-13-11(5-6-14-12)15-8-16-13/h8-10,12,14H,2-7H2,1H3,(H,15,16). The lowest BCUT2D eigenvalue weighted by molar-refractivity contribution is 0.216. The van der Waals surface area contributed by atoms with Gasteiger partial charge in [0, 0.05) is 18.7 Å². The highest BCUT2D eigenvalue weighted by atomic mass is 15.0. The molecule has 3 heteroatoms. The molecule has 1 aromatic heterocycles. The fourth-order valence-electron chi connectivity index (χ4n) is 3.42. The summed E-state index contributed by atoms with van der Waals surface area (Å²) in [5.74, 6) is 1.69. The molecule has 1 aliphatic heterocycles. The van der Waals surface area contributed by atoms with Crippen molar-refractivity contribution in [3.05, 3.63) is 17.7 Å². The van der Waals surface area contributed by atoms with Crippen molar-refractivity contribution in [2.24, 2.45) is 11.8 Å². The summed E-state index contributed by atoms with van der Waals surface area (Å²) in [6.07, 6.45) is 8.50. The van der Waals surface area contributed by atoms with Crippen LogP contribution in [0.3, 0.4) is 0 Å². The molecule has 3 rings (SSSR count). The van der Waals surface area contributed by atoms with Gasteiger partial charge in [0.15, 0.2) is 0 Å². The number of H-pyrrole nitrogens is 1. The summed E-state index contributed by atoms with van der Waals surface area (Å²) >= 11 is 0. The van der Waals surface area contributed by atoms with E-state index in [2.05, 4.69) is 22.2 Å². The second kappa shape index (κ2) is 4.21. The number of nitrogens with one attached hydrogen (secondary N) is 2. The van der Waals surface area contributed by atoms with Crippen LogP contribution in [0.5, 0.6) is 0 Å². The molecule has 2 heterocycles. The van der Waals surface area contributed by atoms with Crippen molar-refractivity contribution in [1.82, 2.24) is 15.3 Å². The Morgan fingerprint density at radius 1 is 1.38 bits per heavy atom. The van der Waals surface area contributed by atoms with Gasteiger partial charge in [-0.05, 0) is 24.7 Å². The Balaban J connectivity index is 1.81. The van der Waals surface area contributed by atoms with E-state index in [0.717, 1.165) is 24.8 Å². The van der Waals surface area contributed by atoms with Crippen molar-refractivity contribution in [3.8, 4) is 0 Å². The first-order valence-corrected chi connectivity index (χ1v) is 6.60. The number of imidazole rings is 1. The lowest BCUT2D eigenvalue weighted by Crippen LogP contribution is -2.36. The van der Waals surface area contributed by atoms with Crippen LogP contribution in [-0.4, -0.2) is 16.5 Å². The highest BCUT2D eigenvalue weighted by molar-refractivity contribution is 5.20. The molecule has 1 aliphatic carbocycles. The molecule has 2 aliphatic rings. The molecule has 0 bridgehead atoms. The Bertz CT molecular complexity index is 358. The summed E-state index contributed by atoms with van der Waals surface area (Å²) in [6.45, 7) is 3.49. The molecule has 88 valence electrons. The average molecular weight is 219 g/mol. The van der Waals surface area contributed by atoms with Crippen molar-refractivity contribution in [3.63, 3.8) is 0 Å². The van der Waals surface area contributed by atoms with Crippen molar-refractivity contribution in [2.45, 2.75) is 45.1 Å². The Kier molecular flexibility index (Phi) is 2.72. The second-order valence-corrected chi connectivity index (χ2v) is 5.48. The normalized spacial score (nSPS) is 34.7. The fraction of sp³-hybridized carbons (Fsp3) is 0.769. The maximum absolute atomic E-state index is 4.52. The van der Waals surface area contributed by atoms with Crippen LogP contribution >= 0.6 is 0 Å². The topological polar surface area (TPSA) is 40.7 Å². The number of rotatable bonds is 1. The molecule has 0 spiro atoms. The minimum absolute atomic E-state index is 0.512. The third kappa shape index (κ3) is 1.77. The van der Waals surface area contributed by atoms with Gasteiger partial charge in [-0.2, -0.15) is 0 Å². The molecule has 1 saturated carbocycles. The molecule has 0 amide bonds. The molecular formula is C13H21N3. The first-order chi connectivity index (χ1) is 7.84. The van der Waals surface area contributed by atoms with Crippen LogP contribution in [0.1, 0.15) is 50.0 Å². The van der Waals surface area contributed by atoms with Crippen LogP contribution in [0.4, 0.5) is 0 Å². The summed E-state index contributed by atoms with van der Waals surface area (Å²) in [6, 6.07) is 0.512. The van der Waals surface area contributed by atoms with Gasteiger partial charge in [-0.15, -0.1) is 0 Å². The van der Waals surface area contributed by atoms with Crippen LogP contribution in [0.15, 0.2) is 6.33 Å². The number of aromatic nitrogens is 2. The maximum Gasteiger partial charge on any atom is 0.0925 e. The molecule has 1 fully saturated rings. The maximum atomic E-state index is 4.52. The lowest BCUT2D eigenvalue weighted by atomic mass is 9.76. The summed E-state index contributed by atoms with van der Waals surface area (Å²) in [4.78, 5) is 7.81. The first-order valence-electron chi connectivity index (χ1n) is 6.60. The van der Waals surface area contributed by atoms with Gasteiger partial charge in [0.05, 0.1) is 18.1 Å². The molecule has 2 N–H and O–H groups in total. The summed E-state index contributed by atoms with van der Waals surface area (Å²) in [7, 11) is 0. The Morgan fingerprint density at radius 3 is 3.19 bits per heavy atom. The molecular weight excluding hydrogens is 198 g/mol. The predicted octanol–water partition coefficient (Wildman–Crippen LogP) is 2.42. The smallest absolute Gasteiger partial charge is 0.0925 e. The monoisotopic (exact) mass is 219 g/mol. The zero-order valence-corrected chi connectivity index (χ0v) is 10.00. The molecule has 0 saturated heterocycles. The summed E-state index contributed by atoms with van der Waals surface area (Å²) in [5.41, 5.74) is 2.66. The van der Waals surface area contributed by atoms with Gasteiger partial charge in [0.25, 0.3) is 0 Å². The van der Waals surface area contributed by atoms with Crippen molar-refractivity contribution in [1.29, 1.82) is 0 Å². The second-order valence-electron chi connectivity index (χ2n) is 5.48. The molecule has 3 unspecified atom stereocenters. The number of hydrogen-bond acceptors (Lipinski definition) is 2. The van der Waals surface area contributed by atoms with E-state index in [4.69, 9.17) is 0 Å². The van der Waals surface area contributed by atoms with E-state index < -0.39 is 0 Å². The van der Waals surface area contributed by atoms with Gasteiger partial charge in [-0.1, -0.05) is 19.8 Å². The largest absolute Gasteiger partial charge is 0.348 e. The lowest BCUT2D eigenvalue weighted by Gasteiger charge is -2.35. The predicted molar refractivity (Wildman–Crippen MR) is 64.2 cm³/mol. The van der Waals surface area contributed by atoms with E-state index in [9.17, 15) is 0 Å². The van der Waals surface area contributed by atoms with Crippen LogP contribution in [0.2, 0.25) is 0 Å². The number of nitrogens with zero attached hydrogens (tertiary/aromatic N) is 1. The number of aromatic amines is 1. The average Bonchev–Trinajstić information content (AvgIpc) is 2.76. The molecule has 3 nitrogen and oxygen atoms in total. The number of fused-ring (bicyclic) bond motifs is 1. The van der Waals surface area contributed by atoms with Gasteiger partial charge in [-0.25, -0.2) is 4.98 Å². The van der Waals surface area contributed by atoms with Crippen molar-refractivity contribution < 1.29 is 0 Å². The van der Waals surface area contributed by atoms with Crippen molar-refractivity contribution in [2.75, 3.05) is 6.54 Å². The fourth-order valence-corrected chi connectivity index (χ4v) is 3.42. The van der Waals surface area contributed by atoms with Crippen LogP contribution in [0.25, 0.3) is 0 Å². The molecule has 3 atom stereocenters. The van der Waals surface area contributed by atoms with Gasteiger partial charge >= 0.3 is 0 Å². The van der Waals surface area contributed by atoms with E-state index in [-0.39, 0.29) is 0 Å². The SMILES string of the molecule is CC1CCCC(C2NCCc3[nH]cnc32)C1. The first kappa shape index (κ1) is 10.3. The van der Waals surface area contributed by atoms with Crippen LogP contribution in [0, 0.1) is 11.8 Å². The van der Waals surface area contributed by atoms with Crippen molar-refractivity contribution >= 4 is 0 Å². The zero-order chi connectivity index (χ0) is 11.0. The zero-order valence-electron chi connectivity index (χ0n) is 10.00. The Labute approximate surface area is 97.0 Å². The molecule has 0 aromatic carbocycles. The van der Waals surface area contributed by atoms with Gasteiger partial charge in [0.2, 0.25) is 0 Å². The number of hydrogen-bond donors (Lipinski definition) is 2. The molecule has 1 aromatic rings. The van der Waals surface area contributed by atoms with Crippen LogP contribution < -0.4 is 5.32 Å². The van der Waals surface area contributed by atoms with Gasteiger partial charge < -0.3 is 10.3 Å². The van der Waals surface area contributed by atoms with E-state index in [0.29, 0.717) is 6.04 Å². The Hall–Kier alpha value is -0.830. The third-order valence-corrected chi connectivity index (χ3v) is 4.23. The molecule has 0 radical (unpaired) electrons.